The first kappa shape index (κ1) is 18.6. The van der Waals surface area contributed by atoms with E-state index in [4.69, 9.17) is 27.9 Å². The smallest absolute Gasteiger partial charge is 0.249 e. The number of hydrogen-bond acceptors (Lipinski definition) is 2. The van der Waals surface area contributed by atoms with Crippen LogP contribution < -0.4 is 10.3 Å². The zero-order chi connectivity index (χ0) is 19.8. The monoisotopic (exact) mass is 409 g/mol. The molecule has 0 aliphatic heterocycles. The van der Waals surface area contributed by atoms with Crippen LogP contribution in [0.5, 0.6) is 5.75 Å². The quantitative estimate of drug-likeness (QED) is 0.420. The van der Waals surface area contributed by atoms with Crippen LogP contribution in [0.1, 0.15) is 5.56 Å². The molecule has 0 radical (unpaired) electrons. The molecule has 0 unspecified atom stereocenters. The fourth-order valence-corrected chi connectivity index (χ4v) is 3.86. The third-order valence-electron chi connectivity index (χ3n) is 4.82. The summed E-state index contributed by atoms with van der Waals surface area (Å²) in [6.07, 6.45) is 0. The van der Waals surface area contributed by atoms with Gasteiger partial charge in [-0.2, -0.15) is 0 Å². The van der Waals surface area contributed by atoms with Gasteiger partial charge >= 0.3 is 0 Å². The van der Waals surface area contributed by atoms with Crippen LogP contribution in [-0.4, -0.2) is 12.1 Å². The third kappa shape index (κ3) is 3.28. The molecule has 0 amide bonds. The fraction of sp³-hybridized carbons (Fsp3) is 0.0870. The van der Waals surface area contributed by atoms with Crippen LogP contribution in [0, 0.1) is 6.92 Å². The Bertz CT molecular complexity index is 1260. The standard InChI is InChI=1S/C23H17Cl2NO2/c1-13-5-3-4-6-15(13)16-11-23(27)26-21-12-22(28-2)19(10-18(16)21)17-9-14(24)7-8-20(17)25/h3-12H,1-2H3,(H,26,27). The van der Waals surface area contributed by atoms with Crippen LogP contribution in [-0.2, 0) is 0 Å². The molecule has 0 fully saturated rings. The van der Waals surface area contributed by atoms with Crippen LogP contribution in [0.2, 0.25) is 10.0 Å². The van der Waals surface area contributed by atoms with E-state index in [9.17, 15) is 4.79 Å². The average molecular weight is 410 g/mol. The van der Waals surface area contributed by atoms with E-state index in [0.29, 0.717) is 21.3 Å². The Kier molecular flexibility index (Phi) is 4.88. The molecule has 1 N–H and O–H groups in total. The minimum atomic E-state index is -0.165. The molecular weight excluding hydrogens is 393 g/mol. The van der Waals surface area contributed by atoms with E-state index in [1.165, 1.54) is 0 Å². The van der Waals surface area contributed by atoms with E-state index in [1.807, 2.05) is 49.4 Å². The van der Waals surface area contributed by atoms with Gasteiger partial charge in [-0.25, -0.2) is 0 Å². The molecule has 0 spiro atoms. The summed E-state index contributed by atoms with van der Waals surface area (Å²) in [5.74, 6) is 0.606. The maximum absolute atomic E-state index is 12.3. The van der Waals surface area contributed by atoms with Gasteiger partial charge in [0, 0.05) is 38.7 Å². The maximum atomic E-state index is 12.3. The lowest BCUT2D eigenvalue weighted by Gasteiger charge is -2.15. The molecular formula is C23H17Cl2NO2. The molecule has 4 rings (SSSR count). The second-order valence-corrected chi connectivity index (χ2v) is 7.43. The van der Waals surface area contributed by atoms with Crippen LogP contribution in [0.4, 0.5) is 0 Å². The number of halogens is 2. The summed E-state index contributed by atoms with van der Waals surface area (Å²) >= 11 is 12.6. The molecule has 0 bridgehead atoms. The van der Waals surface area contributed by atoms with Crippen molar-refractivity contribution in [3.8, 4) is 28.0 Å². The van der Waals surface area contributed by atoms with Gasteiger partial charge in [-0.05, 0) is 47.9 Å². The topological polar surface area (TPSA) is 42.1 Å². The molecule has 140 valence electrons. The molecule has 0 saturated heterocycles. The largest absolute Gasteiger partial charge is 0.496 e. The number of pyridine rings is 1. The van der Waals surface area contributed by atoms with E-state index >= 15 is 0 Å². The molecule has 0 atom stereocenters. The number of aromatic nitrogens is 1. The average Bonchev–Trinajstić information content (AvgIpc) is 2.68. The zero-order valence-electron chi connectivity index (χ0n) is 15.3. The van der Waals surface area contributed by atoms with Crippen LogP contribution in [0.15, 0.2) is 65.5 Å². The highest BCUT2D eigenvalue weighted by Gasteiger charge is 2.16. The lowest BCUT2D eigenvalue weighted by Crippen LogP contribution is -2.06. The number of benzene rings is 3. The third-order valence-corrected chi connectivity index (χ3v) is 5.38. The van der Waals surface area contributed by atoms with Crippen molar-refractivity contribution in [3.05, 3.63) is 86.6 Å². The minimum absolute atomic E-state index is 0.165. The van der Waals surface area contributed by atoms with Gasteiger partial charge in [0.2, 0.25) is 5.56 Å². The van der Waals surface area contributed by atoms with Gasteiger partial charge in [-0.3, -0.25) is 4.79 Å². The Morgan fingerprint density at radius 1 is 0.857 bits per heavy atom. The van der Waals surface area contributed by atoms with E-state index in [2.05, 4.69) is 4.98 Å². The molecule has 28 heavy (non-hydrogen) atoms. The summed E-state index contributed by atoms with van der Waals surface area (Å²) in [4.78, 5) is 15.2. The first-order valence-corrected chi connectivity index (χ1v) is 9.50. The Hall–Kier alpha value is -2.75. The molecule has 0 aliphatic rings. The van der Waals surface area contributed by atoms with Crippen molar-refractivity contribution in [2.24, 2.45) is 0 Å². The summed E-state index contributed by atoms with van der Waals surface area (Å²) in [5.41, 5.74) is 5.07. The molecule has 1 aromatic heterocycles. The number of fused-ring (bicyclic) bond motifs is 1. The van der Waals surface area contributed by atoms with Crippen molar-refractivity contribution in [1.29, 1.82) is 0 Å². The number of methoxy groups -OCH3 is 1. The highest BCUT2D eigenvalue weighted by Crippen LogP contribution is 2.40. The van der Waals surface area contributed by atoms with Crippen molar-refractivity contribution in [3.63, 3.8) is 0 Å². The number of hydrogen-bond donors (Lipinski definition) is 1. The van der Waals surface area contributed by atoms with E-state index in [1.54, 1.807) is 25.3 Å². The van der Waals surface area contributed by atoms with E-state index in [-0.39, 0.29) is 5.56 Å². The highest BCUT2D eigenvalue weighted by atomic mass is 35.5. The maximum Gasteiger partial charge on any atom is 0.249 e. The van der Waals surface area contributed by atoms with Crippen LogP contribution >= 0.6 is 23.2 Å². The molecule has 3 nitrogen and oxygen atoms in total. The summed E-state index contributed by atoms with van der Waals surface area (Å²) in [6, 6.07) is 18.7. The highest BCUT2D eigenvalue weighted by molar-refractivity contribution is 6.35. The fourth-order valence-electron chi connectivity index (χ4n) is 3.46. The second-order valence-electron chi connectivity index (χ2n) is 6.58. The first-order chi connectivity index (χ1) is 13.5. The van der Waals surface area contributed by atoms with E-state index in [0.717, 1.165) is 33.2 Å². The lowest BCUT2D eigenvalue weighted by molar-refractivity contribution is 0.417. The zero-order valence-corrected chi connectivity index (χ0v) is 16.9. The number of aromatic amines is 1. The van der Waals surface area contributed by atoms with Gasteiger partial charge < -0.3 is 9.72 Å². The number of ether oxygens (including phenoxy) is 1. The van der Waals surface area contributed by atoms with Crippen molar-refractivity contribution in [1.82, 2.24) is 4.98 Å². The number of rotatable bonds is 3. The SMILES string of the molecule is COc1cc2[nH]c(=O)cc(-c3ccccc3C)c2cc1-c1cc(Cl)ccc1Cl. The van der Waals surface area contributed by atoms with Crippen LogP contribution in [0.25, 0.3) is 33.2 Å². The molecule has 5 heteroatoms. The number of nitrogens with one attached hydrogen (secondary N) is 1. The summed E-state index contributed by atoms with van der Waals surface area (Å²) in [6.45, 7) is 2.03. The van der Waals surface area contributed by atoms with Crippen molar-refractivity contribution >= 4 is 34.1 Å². The molecule has 0 saturated carbocycles. The van der Waals surface area contributed by atoms with Crippen molar-refractivity contribution in [2.75, 3.05) is 7.11 Å². The summed E-state index contributed by atoms with van der Waals surface area (Å²) in [7, 11) is 1.59. The van der Waals surface area contributed by atoms with Crippen LogP contribution in [0.3, 0.4) is 0 Å². The Labute approximate surface area is 172 Å². The van der Waals surface area contributed by atoms with Gasteiger partial charge in [0.1, 0.15) is 5.75 Å². The summed E-state index contributed by atoms with van der Waals surface area (Å²) < 4.78 is 5.59. The summed E-state index contributed by atoms with van der Waals surface area (Å²) in [5, 5.41) is 2.06. The molecule has 1 heterocycles. The van der Waals surface area contributed by atoms with Gasteiger partial charge in [0.05, 0.1) is 12.6 Å². The van der Waals surface area contributed by atoms with Gasteiger partial charge in [0.15, 0.2) is 0 Å². The second kappa shape index (κ2) is 7.34. The molecule has 0 aliphatic carbocycles. The normalized spacial score (nSPS) is 11.0. The Balaban J connectivity index is 2.10. The molecule has 4 aromatic rings. The Morgan fingerprint density at radius 2 is 1.64 bits per heavy atom. The van der Waals surface area contributed by atoms with Crippen molar-refractivity contribution in [2.45, 2.75) is 6.92 Å². The minimum Gasteiger partial charge on any atom is -0.496 e. The van der Waals surface area contributed by atoms with E-state index < -0.39 is 0 Å². The number of H-pyrrole nitrogens is 1. The van der Waals surface area contributed by atoms with Crippen molar-refractivity contribution < 1.29 is 4.74 Å². The van der Waals surface area contributed by atoms with Gasteiger partial charge in [0.25, 0.3) is 0 Å². The number of aryl methyl sites for hydroxylation is 1. The predicted octanol–water partition coefficient (Wildman–Crippen LogP) is 6.49. The van der Waals surface area contributed by atoms with Gasteiger partial charge in [-0.1, -0.05) is 47.5 Å². The Morgan fingerprint density at radius 3 is 2.39 bits per heavy atom. The molecule has 3 aromatic carbocycles. The lowest BCUT2D eigenvalue weighted by atomic mass is 9.94. The van der Waals surface area contributed by atoms with Gasteiger partial charge in [-0.15, -0.1) is 0 Å². The first-order valence-electron chi connectivity index (χ1n) is 8.74. The predicted molar refractivity (Wildman–Crippen MR) is 117 cm³/mol.